The number of pyridine rings is 1. The molecule has 12 heteroatoms. The van der Waals surface area contributed by atoms with E-state index in [2.05, 4.69) is 15.2 Å². The van der Waals surface area contributed by atoms with Crippen LogP contribution < -0.4 is 15.1 Å². The molecule has 35 heavy (non-hydrogen) atoms. The number of benzene rings is 1. The fourth-order valence-electron chi connectivity index (χ4n) is 5.09. The molecule has 11 nitrogen and oxygen atoms in total. The number of urea groups is 1. The maximum atomic E-state index is 12.9. The van der Waals surface area contributed by atoms with Gasteiger partial charge in [0.15, 0.2) is 9.84 Å². The van der Waals surface area contributed by atoms with Crippen molar-refractivity contribution in [2.24, 2.45) is 0 Å². The Morgan fingerprint density at radius 2 is 1.74 bits per heavy atom. The van der Waals surface area contributed by atoms with Gasteiger partial charge in [-0.15, -0.1) is 0 Å². The molecule has 2 fully saturated rings. The van der Waals surface area contributed by atoms with E-state index in [9.17, 15) is 23.3 Å². The lowest BCUT2D eigenvalue weighted by Crippen LogP contribution is -2.49. The molecule has 1 aromatic heterocycles. The first-order chi connectivity index (χ1) is 16.8. The molecule has 2 saturated heterocycles. The highest BCUT2D eigenvalue weighted by Gasteiger charge is 2.32. The molecule has 3 aliphatic rings. The number of aromatic nitrogens is 1. The number of amides is 2. The summed E-state index contributed by atoms with van der Waals surface area (Å²) in [4.78, 5) is 34.1. The van der Waals surface area contributed by atoms with Crippen LogP contribution in [0.3, 0.4) is 0 Å². The molecule has 2 amide bonds. The van der Waals surface area contributed by atoms with Crippen LogP contribution >= 0.6 is 0 Å². The highest BCUT2D eigenvalue weighted by atomic mass is 32.2. The number of piperidine rings is 1. The van der Waals surface area contributed by atoms with Gasteiger partial charge in [0.05, 0.1) is 16.4 Å². The zero-order valence-electron chi connectivity index (χ0n) is 19.3. The monoisotopic (exact) mass is 500 g/mol. The molecule has 3 aliphatic heterocycles. The summed E-state index contributed by atoms with van der Waals surface area (Å²) in [6.07, 6.45) is 3.59. The predicted molar refractivity (Wildman–Crippen MR) is 133 cm³/mol. The molecule has 0 saturated carbocycles. The van der Waals surface area contributed by atoms with E-state index in [1.807, 2.05) is 29.2 Å². The number of hydrogen-bond acceptors (Lipinski definition) is 8. The standard InChI is InChI=1S/C23H28N6O5S/c30-23-25-19-4-2-1-3-17(19)5-10-28(23)18-6-8-27(9-7-18)22-15-20(21(16-24-22)29(31)32)26-11-13-35(33,34)14-12-26/h1-4,15-16,18H,5-14H2,(H,25,30). The van der Waals surface area contributed by atoms with E-state index < -0.39 is 14.8 Å². The van der Waals surface area contributed by atoms with E-state index in [-0.39, 0.29) is 42.4 Å². The first kappa shape index (κ1) is 23.3. The van der Waals surface area contributed by atoms with Gasteiger partial charge < -0.3 is 20.0 Å². The molecule has 4 heterocycles. The van der Waals surface area contributed by atoms with Gasteiger partial charge in [0.2, 0.25) is 0 Å². The Balaban J connectivity index is 1.28. The lowest BCUT2D eigenvalue weighted by Gasteiger charge is -2.38. The van der Waals surface area contributed by atoms with Crippen LogP contribution in [0, 0.1) is 10.1 Å². The summed E-state index contributed by atoms with van der Waals surface area (Å²) >= 11 is 0. The lowest BCUT2D eigenvalue weighted by atomic mass is 10.0. The summed E-state index contributed by atoms with van der Waals surface area (Å²) in [5.74, 6) is 0.592. The molecular formula is C23H28N6O5S. The van der Waals surface area contributed by atoms with E-state index in [1.54, 1.807) is 11.0 Å². The Labute approximate surface area is 203 Å². The summed E-state index contributed by atoms with van der Waals surface area (Å²) < 4.78 is 23.6. The molecule has 186 valence electrons. The van der Waals surface area contributed by atoms with Crippen molar-refractivity contribution in [2.75, 3.05) is 59.3 Å². The smallest absolute Gasteiger partial charge is 0.322 e. The molecule has 5 rings (SSSR count). The Morgan fingerprint density at radius 3 is 2.46 bits per heavy atom. The van der Waals surface area contributed by atoms with Crippen molar-refractivity contribution in [3.8, 4) is 0 Å². The Hall–Kier alpha value is -3.41. The number of hydrogen-bond donors (Lipinski definition) is 1. The Morgan fingerprint density at radius 1 is 1.03 bits per heavy atom. The van der Waals surface area contributed by atoms with E-state index in [4.69, 9.17) is 0 Å². The third kappa shape index (κ3) is 4.88. The third-order valence-corrected chi connectivity index (χ3v) is 8.71. The maximum absolute atomic E-state index is 12.9. The fourth-order valence-corrected chi connectivity index (χ4v) is 6.29. The molecule has 0 radical (unpaired) electrons. The second-order valence-electron chi connectivity index (χ2n) is 9.18. The van der Waals surface area contributed by atoms with E-state index in [0.717, 1.165) is 30.5 Å². The highest BCUT2D eigenvalue weighted by Crippen LogP contribution is 2.33. The zero-order chi connectivity index (χ0) is 24.6. The zero-order valence-corrected chi connectivity index (χ0v) is 20.1. The number of carbonyl (C=O) groups is 1. The quantitative estimate of drug-likeness (QED) is 0.500. The minimum absolute atomic E-state index is 0.0189. The molecule has 1 aromatic carbocycles. The molecule has 0 bridgehead atoms. The molecule has 0 spiro atoms. The Kier molecular flexibility index (Phi) is 6.22. The van der Waals surface area contributed by atoms with Gasteiger partial charge >= 0.3 is 11.7 Å². The van der Waals surface area contributed by atoms with Crippen molar-refractivity contribution >= 4 is 38.7 Å². The number of rotatable bonds is 4. The third-order valence-electron chi connectivity index (χ3n) is 7.10. The molecule has 0 atom stereocenters. The first-order valence-electron chi connectivity index (χ1n) is 11.8. The van der Waals surface area contributed by atoms with Gasteiger partial charge in [0.1, 0.15) is 17.7 Å². The minimum atomic E-state index is -3.10. The van der Waals surface area contributed by atoms with Gasteiger partial charge in [-0.1, -0.05) is 18.2 Å². The Bertz CT molecular complexity index is 1230. The van der Waals surface area contributed by atoms with Crippen LogP contribution in [0.5, 0.6) is 0 Å². The molecule has 0 unspecified atom stereocenters. The summed E-state index contributed by atoms with van der Waals surface area (Å²) in [6, 6.07) is 9.59. The number of nitrogens with one attached hydrogen (secondary N) is 1. The second kappa shape index (κ2) is 9.33. The SMILES string of the molecule is O=C1Nc2ccccc2CCN1C1CCN(c2cc(N3CCS(=O)(=O)CC3)c([N+](=O)[O-])cn2)CC1. The van der Waals surface area contributed by atoms with Gasteiger partial charge in [-0.3, -0.25) is 10.1 Å². The van der Waals surface area contributed by atoms with E-state index in [1.165, 1.54) is 6.20 Å². The molecular weight excluding hydrogens is 472 g/mol. The van der Waals surface area contributed by atoms with Gasteiger partial charge in [0.25, 0.3) is 0 Å². The normalized spacial score (nSPS) is 20.7. The molecule has 1 N–H and O–H groups in total. The van der Waals surface area contributed by atoms with E-state index in [0.29, 0.717) is 31.1 Å². The number of carbonyl (C=O) groups excluding carboxylic acids is 1. The molecule has 2 aromatic rings. The highest BCUT2D eigenvalue weighted by molar-refractivity contribution is 7.91. The number of sulfone groups is 1. The number of nitro groups is 1. The fraction of sp³-hybridized carbons (Fsp3) is 0.478. The van der Waals surface area contributed by atoms with E-state index >= 15 is 0 Å². The minimum Gasteiger partial charge on any atom is -0.364 e. The van der Waals surface area contributed by atoms with Gasteiger partial charge in [0, 0.05) is 50.5 Å². The topological polar surface area (TPSA) is 129 Å². The predicted octanol–water partition coefficient (Wildman–Crippen LogP) is 2.28. The van der Waals surface area contributed by atoms with Gasteiger partial charge in [-0.05, 0) is 30.9 Å². The number of nitrogens with zero attached hydrogens (tertiary/aromatic N) is 5. The largest absolute Gasteiger partial charge is 0.364 e. The second-order valence-corrected chi connectivity index (χ2v) is 11.5. The number of fused-ring (bicyclic) bond motifs is 1. The first-order valence-corrected chi connectivity index (χ1v) is 13.6. The summed E-state index contributed by atoms with van der Waals surface area (Å²) in [5.41, 5.74) is 2.28. The summed E-state index contributed by atoms with van der Waals surface area (Å²) in [7, 11) is -3.10. The molecule has 0 aliphatic carbocycles. The average molecular weight is 501 g/mol. The van der Waals surface area contributed by atoms with Crippen LogP contribution in [-0.4, -0.2) is 79.5 Å². The van der Waals surface area contributed by atoms with Crippen LogP contribution in [0.1, 0.15) is 18.4 Å². The van der Waals surface area contributed by atoms with Crippen molar-refractivity contribution in [1.29, 1.82) is 0 Å². The van der Waals surface area contributed by atoms with Crippen molar-refractivity contribution in [3.63, 3.8) is 0 Å². The van der Waals surface area contributed by atoms with Crippen LogP contribution in [-0.2, 0) is 16.3 Å². The lowest BCUT2D eigenvalue weighted by molar-refractivity contribution is -0.384. The summed E-state index contributed by atoms with van der Waals surface area (Å²) in [6.45, 7) is 2.44. The average Bonchev–Trinajstić information content (AvgIpc) is 3.02. The van der Waals surface area contributed by atoms with Crippen LogP contribution in [0.2, 0.25) is 0 Å². The van der Waals surface area contributed by atoms with Gasteiger partial charge in [-0.25, -0.2) is 18.2 Å². The van der Waals surface area contributed by atoms with Crippen LogP contribution in [0.4, 0.5) is 27.7 Å². The van der Waals surface area contributed by atoms with Crippen LogP contribution in [0.25, 0.3) is 0 Å². The summed E-state index contributed by atoms with van der Waals surface area (Å²) in [5, 5.41) is 14.6. The number of para-hydroxylation sites is 1. The van der Waals surface area contributed by atoms with Crippen LogP contribution in [0.15, 0.2) is 36.5 Å². The number of anilines is 3. The van der Waals surface area contributed by atoms with Crippen molar-refractivity contribution in [1.82, 2.24) is 9.88 Å². The van der Waals surface area contributed by atoms with Gasteiger partial charge in [-0.2, -0.15) is 0 Å². The van der Waals surface area contributed by atoms with Crippen molar-refractivity contribution < 1.29 is 18.1 Å². The van der Waals surface area contributed by atoms with Crippen molar-refractivity contribution in [3.05, 3.63) is 52.2 Å². The van der Waals surface area contributed by atoms with Crippen molar-refractivity contribution in [2.45, 2.75) is 25.3 Å². The maximum Gasteiger partial charge on any atom is 0.322 e.